The highest BCUT2D eigenvalue weighted by Crippen LogP contribution is 2.25. The molecule has 0 bridgehead atoms. The average molecular weight is 264 g/mol. The van der Waals surface area contributed by atoms with Gasteiger partial charge < -0.3 is 15.4 Å². The first-order valence-electron chi connectivity index (χ1n) is 6.97. The van der Waals surface area contributed by atoms with Crippen molar-refractivity contribution in [3.63, 3.8) is 0 Å². The number of ether oxygens (including phenoxy) is 1. The summed E-state index contributed by atoms with van der Waals surface area (Å²) in [5.41, 5.74) is 6.98. The smallest absolute Gasteiger partial charge is 0.132 e. The van der Waals surface area contributed by atoms with Gasteiger partial charge in [0.15, 0.2) is 0 Å². The van der Waals surface area contributed by atoms with Crippen LogP contribution in [-0.4, -0.2) is 42.3 Å². The van der Waals surface area contributed by atoms with E-state index in [4.69, 9.17) is 10.5 Å². The van der Waals surface area contributed by atoms with E-state index in [0.717, 1.165) is 30.9 Å². The minimum atomic E-state index is 0.300. The zero-order valence-corrected chi connectivity index (χ0v) is 12.0. The third kappa shape index (κ3) is 3.22. The number of nitrogens with zero attached hydrogens (tertiary/aromatic N) is 3. The molecule has 0 spiro atoms. The largest absolute Gasteiger partial charge is 0.381 e. The lowest BCUT2D eigenvalue weighted by Gasteiger charge is -2.39. The number of rotatable bonds is 4. The van der Waals surface area contributed by atoms with Crippen LogP contribution in [0.2, 0.25) is 0 Å². The van der Waals surface area contributed by atoms with E-state index in [1.165, 1.54) is 0 Å². The number of hydrogen-bond donors (Lipinski definition) is 1. The number of piperidine rings is 1. The molecule has 1 saturated heterocycles. The molecular weight excluding hydrogens is 240 g/mol. The molecule has 0 radical (unpaired) electrons. The summed E-state index contributed by atoms with van der Waals surface area (Å²) in [5, 5.41) is 0. The van der Waals surface area contributed by atoms with Crippen LogP contribution >= 0.6 is 0 Å². The lowest BCUT2D eigenvalue weighted by atomic mass is 9.99. The second-order valence-corrected chi connectivity index (χ2v) is 5.42. The Morgan fingerprint density at radius 3 is 2.89 bits per heavy atom. The number of aromatic nitrogens is 2. The summed E-state index contributed by atoms with van der Waals surface area (Å²) in [7, 11) is 1.77. The van der Waals surface area contributed by atoms with Crippen LogP contribution < -0.4 is 10.6 Å². The molecule has 1 fully saturated rings. The lowest BCUT2D eigenvalue weighted by Crippen LogP contribution is -2.49. The molecule has 1 aromatic rings. The molecule has 106 valence electrons. The van der Waals surface area contributed by atoms with Crippen molar-refractivity contribution < 1.29 is 4.74 Å². The van der Waals surface area contributed by atoms with Crippen molar-refractivity contribution >= 4 is 5.82 Å². The van der Waals surface area contributed by atoms with Crippen LogP contribution in [0.25, 0.3) is 0 Å². The Labute approximate surface area is 115 Å². The summed E-state index contributed by atoms with van der Waals surface area (Å²) >= 11 is 0. The zero-order valence-electron chi connectivity index (χ0n) is 12.0. The Hall–Kier alpha value is -1.20. The van der Waals surface area contributed by atoms with Crippen molar-refractivity contribution in [3.8, 4) is 0 Å². The summed E-state index contributed by atoms with van der Waals surface area (Å²) in [5.74, 6) is 1.40. The molecule has 2 rings (SSSR count). The van der Waals surface area contributed by atoms with Gasteiger partial charge in [0.05, 0.1) is 6.10 Å². The Bertz CT molecular complexity index is 410. The van der Waals surface area contributed by atoms with Gasteiger partial charge in [-0.15, -0.1) is 0 Å². The van der Waals surface area contributed by atoms with E-state index in [1.54, 1.807) is 13.4 Å². The van der Waals surface area contributed by atoms with Gasteiger partial charge in [0, 0.05) is 38.0 Å². The standard InChI is InChI=1S/C14H24N4O/c1-10(2)13-7-14(17-9-16-13)18-5-4-12(19-3)6-11(18)8-15/h7,9-12H,4-6,8,15H2,1-3H3. The Morgan fingerprint density at radius 1 is 1.47 bits per heavy atom. The summed E-state index contributed by atoms with van der Waals surface area (Å²) in [4.78, 5) is 11.0. The monoisotopic (exact) mass is 264 g/mol. The minimum Gasteiger partial charge on any atom is -0.381 e. The molecule has 1 aliphatic heterocycles. The van der Waals surface area contributed by atoms with Gasteiger partial charge in [0.25, 0.3) is 0 Å². The van der Waals surface area contributed by atoms with Gasteiger partial charge in [-0.2, -0.15) is 0 Å². The van der Waals surface area contributed by atoms with Gasteiger partial charge in [-0.1, -0.05) is 13.8 Å². The van der Waals surface area contributed by atoms with Crippen molar-refractivity contribution in [1.82, 2.24) is 9.97 Å². The number of nitrogens with two attached hydrogens (primary N) is 1. The van der Waals surface area contributed by atoms with Crippen LogP contribution in [0.1, 0.15) is 38.3 Å². The third-order valence-corrected chi connectivity index (χ3v) is 3.83. The molecule has 1 aliphatic rings. The Kier molecular flexibility index (Phi) is 4.71. The fourth-order valence-electron chi connectivity index (χ4n) is 2.59. The first-order chi connectivity index (χ1) is 9.15. The van der Waals surface area contributed by atoms with E-state index >= 15 is 0 Å². The minimum absolute atomic E-state index is 0.300. The highest BCUT2D eigenvalue weighted by atomic mass is 16.5. The molecule has 0 aromatic carbocycles. The van der Waals surface area contributed by atoms with Gasteiger partial charge in [0.2, 0.25) is 0 Å². The molecule has 2 atom stereocenters. The molecule has 0 aliphatic carbocycles. The number of methoxy groups -OCH3 is 1. The highest BCUT2D eigenvalue weighted by molar-refractivity contribution is 5.41. The molecule has 2 N–H and O–H groups in total. The normalized spacial score (nSPS) is 23.9. The number of anilines is 1. The van der Waals surface area contributed by atoms with E-state index < -0.39 is 0 Å². The molecular formula is C14H24N4O. The second kappa shape index (κ2) is 6.30. The van der Waals surface area contributed by atoms with Crippen molar-refractivity contribution in [2.24, 2.45) is 5.73 Å². The lowest BCUT2D eigenvalue weighted by molar-refractivity contribution is 0.0708. The van der Waals surface area contributed by atoms with Gasteiger partial charge in [-0.3, -0.25) is 0 Å². The van der Waals surface area contributed by atoms with E-state index in [1.807, 2.05) is 0 Å². The van der Waals surface area contributed by atoms with Crippen molar-refractivity contribution in [1.29, 1.82) is 0 Å². The van der Waals surface area contributed by atoms with Gasteiger partial charge in [0.1, 0.15) is 12.1 Å². The van der Waals surface area contributed by atoms with E-state index in [2.05, 4.69) is 34.8 Å². The fourth-order valence-corrected chi connectivity index (χ4v) is 2.59. The molecule has 19 heavy (non-hydrogen) atoms. The average Bonchev–Trinajstić information content (AvgIpc) is 2.46. The summed E-state index contributed by atoms with van der Waals surface area (Å²) < 4.78 is 5.45. The van der Waals surface area contributed by atoms with Crippen LogP contribution in [0.15, 0.2) is 12.4 Å². The topological polar surface area (TPSA) is 64.3 Å². The fraction of sp³-hybridized carbons (Fsp3) is 0.714. The Morgan fingerprint density at radius 2 is 2.26 bits per heavy atom. The maximum Gasteiger partial charge on any atom is 0.132 e. The Balaban J connectivity index is 2.18. The van der Waals surface area contributed by atoms with Gasteiger partial charge >= 0.3 is 0 Å². The van der Waals surface area contributed by atoms with Crippen molar-refractivity contribution in [3.05, 3.63) is 18.1 Å². The predicted molar refractivity (Wildman–Crippen MR) is 76.3 cm³/mol. The molecule has 2 unspecified atom stereocenters. The van der Waals surface area contributed by atoms with Crippen LogP contribution in [0.4, 0.5) is 5.82 Å². The first-order valence-corrected chi connectivity index (χ1v) is 6.97. The summed E-state index contributed by atoms with van der Waals surface area (Å²) in [6, 6.07) is 2.38. The van der Waals surface area contributed by atoms with Gasteiger partial charge in [-0.25, -0.2) is 9.97 Å². The highest BCUT2D eigenvalue weighted by Gasteiger charge is 2.28. The SMILES string of the molecule is COC1CCN(c2cc(C(C)C)ncn2)C(CN)C1. The van der Waals surface area contributed by atoms with Crippen LogP contribution in [0, 0.1) is 0 Å². The van der Waals surface area contributed by atoms with Crippen molar-refractivity contribution in [2.45, 2.75) is 44.8 Å². The van der Waals surface area contributed by atoms with Crippen LogP contribution in [0.3, 0.4) is 0 Å². The number of hydrogen-bond acceptors (Lipinski definition) is 5. The zero-order chi connectivity index (χ0) is 13.8. The summed E-state index contributed by atoms with van der Waals surface area (Å²) in [6.07, 6.45) is 3.96. The molecule has 5 nitrogen and oxygen atoms in total. The van der Waals surface area contributed by atoms with Crippen molar-refractivity contribution in [2.75, 3.05) is 25.1 Å². The molecule has 2 heterocycles. The van der Waals surface area contributed by atoms with Gasteiger partial charge in [-0.05, 0) is 18.8 Å². The maximum atomic E-state index is 5.91. The second-order valence-electron chi connectivity index (χ2n) is 5.42. The molecule has 1 aromatic heterocycles. The predicted octanol–water partition coefficient (Wildman–Crippen LogP) is 1.54. The first kappa shape index (κ1) is 14.2. The van der Waals surface area contributed by atoms with E-state index in [-0.39, 0.29) is 0 Å². The molecule has 5 heteroatoms. The molecule has 0 saturated carbocycles. The van der Waals surface area contributed by atoms with E-state index in [9.17, 15) is 0 Å². The van der Waals surface area contributed by atoms with Crippen LogP contribution in [0.5, 0.6) is 0 Å². The maximum absolute atomic E-state index is 5.91. The quantitative estimate of drug-likeness (QED) is 0.893. The molecule has 0 amide bonds. The van der Waals surface area contributed by atoms with Crippen LogP contribution in [-0.2, 0) is 4.74 Å². The third-order valence-electron chi connectivity index (χ3n) is 3.83. The summed E-state index contributed by atoms with van der Waals surface area (Å²) in [6.45, 7) is 5.85. The van der Waals surface area contributed by atoms with E-state index in [0.29, 0.717) is 24.6 Å².